The second kappa shape index (κ2) is 8.43. The molecule has 10 heavy (non-hydrogen) atoms. The van der Waals surface area contributed by atoms with Gasteiger partial charge in [0.05, 0.1) is 6.61 Å². The van der Waals surface area contributed by atoms with Crippen LogP contribution in [0.1, 0.15) is 27.7 Å². The highest BCUT2D eigenvalue weighted by Gasteiger charge is 1.81. The maximum absolute atomic E-state index is 9.82. The normalized spacial score (nSPS) is 8.20. The molecule has 0 spiro atoms. The number of carbonyl (C=O) groups excluding carboxylic acids is 1. The fourth-order valence-electron chi connectivity index (χ4n) is 0.203. The van der Waals surface area contributed by atoms with Crippen molar-refractivity contribution in [2.75, 3.05) is 6.61 Å². The zero-order valence-electron chi connectivity index (χ0n) is 7.18. The highest BCUT2D eigenvalue weighted by atomic mass is 16.5. The average Bonchev–Trinajstić information content (AvgIpc) is 1.62. The monoisotopic (exact) mass is 147 g/mol. The van der Waals surface area contributed by atoms with Gasteiger partial charge in [0.2, 0.25) is 0 Å². The molecular weight excluding hydrogens is 130 g/mol. The number of hydrogen-bond acceptors (Lipinski definition) is 3. The summed E-state index contributed by atoms with van der Waals surface area (Å²) < 4.78 is 4.40. The Morgan fingerprint density at radius 1 is 1.60 bits per heavy atom. The van der Waals surface area contributed by atoms with Crippen LogP contribution in [-0.4, -0.2) is 18.6 Å². The molecule has 0 radical (unpaired) electrons. The number of hydrogen-bond donors (Lipinski definition) is 1. The molecule has 3 nitrogen and oxygen atoms in total. The molecule has 0 amide bonds. The summed E-state index contributed by atoms with van der Waals surface area (Å²) in [4.78, 5) is 9.82. The summed E-state index contributed by atoms with van der Waals surface area (Å²) in [6.07, 6.45) is 0. The summed E-state index contributed by atoms with van der Waals surface area (Å²) in [6, 6.07) is 0.333. The lowest BCUT2D eigenvalue weighted by Gasteiger charge is -1.89. The van der Waals surface area contributed by atoms with Gasteiger partial charge in [0, 0.05) is 6.92 Å². The van der Waals surface area contributed by atoms with E-state index in [1.807, 2.05) is 13.8 Å². The molecule has 0 rings (SSSR count). The first kappa shape index (κ1) is 12.1. The molecule has 0 saturated carbocycles. The smallest absolute Gasteiger partial charge is 0.302 e. The third-order valence-electron chi connectivity index (χ3n) is 0.348. The second-order valence-corrected chi connectivity index (χ2v) is 2.17. The second-order valence-electron chi connectivity index (χ2n) is 2.17. The van der Waals surface area contributed by atoms with Crippen LogP contribution in [0, 0.1) is 0 Å². The molecule has 2 N–H and O–H groups in total. The van der Waals surface area contributed by atoms with Gasteiger partial charge in [-0.05, 0) is 13.0 Å². The van der Waals surface area contributed by atoms with Crippen molar-refractivity contribution in [1.82, 2.24) is 0 Å². The minimum absolute atomic E-state index is 0.211. The van der Waals surface area contributed by atoms with E-state index < -0.39 is 0 Å². The quantitative estimate of drug-likeness (QED) is 0.561. The minimum Gasteiger partial charge on any atom is -0.466 e. The predicted molar refractivity (Wildman–Crippen MR) is 41.6 cm³/mol. The Bertz CT molecular complexity index is 78.9. The van der Waals surface area contributed by atoms with Crippen molar-refractivity contribution in [3.63, 3.8) is 0 Å². The molecule has 0 aromatic rings. The zero-order valence-corrected chi connectivity index (χ0v) is 7.18. The summed E-state index contributed by atoms with van der Waals surface area (Å²) >= 11 is 0. The standard InChI is InChI=1S/C4H8O2.C3H9N/c1-3-6-4(2)5;1-3(2)4/h3H2,1-2H3;3H,4H2,1-2H3. The molecule has 0 aliphatic carbocycles. The fraction of sp³-hybridized carbons (Fsp3) is 0.857. The predicted octanol–water partition coefficient (Wildman–Crippen LogP) is 0.923. The molecule has 0 bridgehead atoms. The number of carbonyl (C=O) groups is 1. The molecule has 0 unspecified atom stereocenters. The minimum atomic E-state index is -0.211. The van der Waals surface area contributed by atoms with Gasteiger partial charge in [-0.3, -0.25) is 4.79 Å². The number of esters is 1. The summed E-state index contributed by atoms with van der Waals surface area (Å²) in [5.41, 5.74) is 5.11. The van der Waals surface area contributed by atoms with Crippen molar-refractivity contribution in [3.8, 4) is 0 Å². The molecule has 0 saturated heterocycles. The Kier molecular flexibility index (Phi) is 10.2. The van der Waals surface area contributed by atoms with Gasteiger partial charge in [-0.1, -0.05) is 13.8 Å². The fourth-order valence-corrected chi connectivity index (χ4v) is 0.203. The SMILES string of the molecule is CC(C)N.CCOC(C)=O. The molecule has 0 heterocycles. The summed E-state index contributed by atoms with van der Waals surface area (Å²) in [7, 11) is 0. The van der Waals surface area contributed by atoms with E-state index in [1.54, 1.807) is 6.92 Å². The van der Waals surface area contributed by atoms with Gasteiger partial charge in [-0.15, -0.1) is 0 Å². The Morgan fingerprint density at radius 2 is 1.90 bits per heavy atom. The lowest BCUT2D eigenvalue weighted by atomic mass is 10.5. The highest BCUT2D eigenvalue weighted by Crippen LogP contribution is 1.69. The first-order valence-electron chi connectivity index (χ1n) is 3.39. The van der Waals surface area contributed by atoms with Crippen LogP contribution in [0.15, 0.2) is 0 Å². The van der Waals surface area contributed by atoms with Gasteiger partial charge in [0.15, 0.2) is 0 Å². The molecule has 3 heteroatoms. The van der Waals surface area contributed by atoms with E-state index in [4.69, 9.17) is 5.73 Å². The van der Waals surface area contributed by atoms with Crippen molar-refractivity contribution in [1.29, 1.82) is 0 Å². The van der Waals surface area contributed by atoms with E-state index in [1.165, 1.54) is 6.92 Å². The van der Waals surface area contributed by atoms with E-state index in [2.05, 4.69) is 4.74 Å². The third kappa shape index (κ3) is 52.0. The number of ether oxygens (including phenoxy) is 1. The molecular formula is C7H17NO2. The van der Waals surface area contributed by atoms with Gasteiger partial charge in [-0.25, -0.2) is 0 Å². The summed E-state index contributed by atoms with van der Waals surface area (Å²) in [6.45, 7) is 7.54. The van der Waals surface area contributed by atoms with Crippen molar-refractivity contribution in [3.05, 3.63) is 0 Å². The van der Waals surface area contributed by atoms with Crippen LogP contribution in [0.2, 0.25) is 0 Å². The summed E-state index contributed by atoms with van der Waals surface area (Å²) in [5, 5.41) is 0. The number of rotatable bonds is 1. The van der Waals surface area contributed by atoms with Crippen LogP contribution in [0.3, 0.4) is 0 Å². The van der Waals surface area contributed by atoms with Crippen LogP contribution in [-0.2, 0) is 9.53 Å². The van der Waals surface area contributed by atoms with Crippen LogP contribution in [0.4, 0.5) is 0 Å². The van der Waals surface area contributed by atoms with Gasteiger partial charge >= 0.3 is 5.97 Å². The first-order valence-corrected chi connectivity index (χ1v) is 3.39. The maximum Gasteiger partial charge on any atom is 0.302 e. The lowest BCUT2D eigenvalue weighted by Crippen LogP contribution is -2.06. The Balaban J connectivity index is 0. The van der Waals surface area contributed by atoms with E-state index >= 15 is 0 Å². The molecule has 0 aromatic carbocycles. The van der Waals surface area contributed by atoms with Gasteiger partial charge in [0.25, 0.3) is 0 Å². The molecule has 0 atom stereocenters. The first-order chi connectivity index (χ1) is 4.50. The van der Waals surface area contributed by atoms with Gasteiger partial charge in [-0.2, -0.15) is 0 Å². The highest BCUT2D eigenvalue weighted by molar-refractivity contribution is 5.65. The van der Waals surface area contributed by atoms with Crippen LogP contribution in [0.25, 0.3) is 0 Å². The Hall–Kier alpha value is -0.570. The zero-order chi connectivity index (χ0) is 8.57. The Labute approximate surface area is 62.5 Å². The van der Waals surface area contributed by atoms with Crippen LogP contribution in [0.5, 0.6) is 0 Å². The molecule has 0 aliphatic rings. The molecule has 62 valence electrons. The van der Waals surface area contributed by atoms with E-state index in [-0.39, 0.29) is 5.97 Å². The molecule has 0 aliphatic heterocycles. The average molecular weight is 147 g/mol. The van der Waals surface area contributed by atoms with Crippen LogP contribution < -0.4 is 5.73 Å². The van der Waals surface area contributed by atoms with E-state index in [0.29, 0.717) is 12.6 Å². The van der Waals surface area contributed by atoms with Crippen molar-refractivity contribution in [2.45, 2.75) is 33.7 Å². The molecule has 0 fully saturated rings. The van der Waals surface area contributed by atoms with Crippen LogP contribution >= 0.6 is 0 Å². The number of nitrogens with two attached hydrogens (primary N) is 1. The van der Waals surface area contributed by atoms with E-state index in [9.17, 15) is 4.79 Å². The maximum atomic E-state index is 9.82. The van der Waals surface area contributed by atoms with Crippen molar-refractivity contribution in [2.24, 2.45) is 5.73 Å². The van der Waals surface area contributed by atoms with Crippen molar-refractivity contribution < 1.29 is 9.53 Å². The topological polar surface area (TPSA) is 52.3 Å². The van der Waals surface area contributed by atoms with Gasteiger partial charge in [0.1, 0.15) is 0 Å². The van der Waals surface area contributed by atoms with E-state index in [0.717, 1.165) is 0 Å². The molecule has 0 aromatic heterocycles. The largest absolute Gasteiger partial charge is 0.466 e. The van der Waals surface area contributed by atoms with Gasteiger partial charge < -0.3 is 10.5 Å². The third-order valence-corrected chi connectivity index (χ3v) is 0.348. The summed E-state index contributed by atoms with van der Waals surface area (Å²) in [5.74, 6) is -0.211. The lowest BCUT2D eigenvalue weighted by molar-refractivity contribution is -0.140. The van der Waals surface area contributed by atoms with Crippen molar-refractivity contribution >= 4 is 5.97 Å². The Morgan fingerprint density at radius 3 is 1.90 bits per heavy atom.